The maximum absolute atomic E-state index is 12.6. The van der Waals surface area contributed by atoms with Gasteiger partial charge in [0.25, 0.3) is 5.91 Å². The van der Waals surface area contributed by atoms with Crippen molar-refractivity contribution in [3.8, 4) is 0 Å². The van der Waals surface area contributed by atoms with Gasteiger partial charge in [0.05, 0.1) is 5.56 Å². The number of hydrogen-bond donors (Lipinski definition) is 1. The molecule has 0 aliphatic carbocycles. The summed E-state index contributed by atoms with van der Waals surface area (Å²) in [6.07, 6.45) is 3.05. The zero-order chi connectivity index (χ0) is 15.1. The van der Waals surface area contributed by atoms with Gasteiger partial charge in [0, 0.05) is 36.1 Å². The molecule has 0 saturated carbocycles. The van der Waals surface area contributed by atoms with E-state index in [1.807, 2.05) is 25.4 Å². The molecule has 0 fully saturated rings. The van der Waals surface area contributed by atoms with Crippen LogP contribution in [0.2, 0.25) is 5.02 Å². The summed E-state index contributed by atoms with van der Waals surface area (Å²) >= 11 is 7.77. The summed E-state index contributed by atoms with van der Waals surface area (Å²) in [6, 6.07) is 5.61. The number of carbonyl (C=O) groups excluding carboxylic acids is 1. The minimum Gasteiger partial charge on any atom is -0.384 e. The second-order valence-electron chi connectivity index (χ2n) is 4.84. The zero-order valence-corrected chi connectivity index (χ0v) is 14.1. The summed E-state index contributed by atoms with van der Waals surface area (Å²) in [5, 5.41) is 3.87. The SMILES string of the molecule is CCCNc1ccc(Cl)cc1C(=O)N(C)C(C)CSC. The van der Waals surface area contributed by atoms with Crippen molar-refractivity contribution in [1.29, 1.82) is 0 Å². The molecule has 1 aromatic rings. The number of hydrogen-bond acceptors (Lipinski definition) is 3. The van der Waals surface area contributed by atoms with Crippen LogP contribution < -0.4 is 5.32 Å². The Hall–Kier alpha value is -0.870. The molecule has 0 radical (unpaired) electrons. The van der Waals surface area contributed by atoms with Crippen LogP contribution in [0.15, 0.2) is 18.2 Å². The Bertz CT molecular complexity index is 453. The van der Waals surface area contributed by atoms with Crippen molar-refractivity contribution in [1.82, 2.24) is 4.90 Å². The van der Waals surface area contributed by atoms with Crippen LogP contribution in [-0.2, 0) is 0 Å². The molecule has 1 rings (SSSR count). The standard InChI is InChI=1S/C15H23ClN2OS/c1-5-8-17-14-7-6-12(16)9-13(14)15(19)18(3)11(2)10-20-4/h6-7,9,11,17H,5,8,10H2,1-4H3. The second kappa shape index (κ2) is 8.42. The first-order valence-corrected chi connectivity index (χ1v) is 8.58. The molecule has 20 heavy (non-hydrogen) atoms. The Kier molecular flexibility index (Phi) is 7.24. The molecule has 0 aromatic heterocycles. The molecule has 0 aliphatic rings. The molecule has 1 atom stereocenters. The van der Waals surface area contributed by atoms with Crippen LogP contribution in [0.1, 0.15) is 30.6 Å². The van der Waals surface area contributed by atoms with Gasteiger partial charge in [-0.15, -0.1) is 0 Å². The monoisotopic (exact) mass is 314 g/mol. The summed E-state index contributed by atoms with van der Waals surface area (Å²) in [5.74, 6) is 0.924. The highest BCUT2D eigenvalue weighted by molar-refractivity contribution is 7.98. The molecular formula is C15H23ClN2OS. The van der Waals surface area contributed by atoms with Gasteiger partial charge in [-0.1, -0.05) is 18.5 Å². The summed E-state index contributed by atoms with van der Waals surface area (Å²) in [4.78, 5) is 14.4. The Balaban J connectivity index is 2.97. The summed E-state index contributed by atoms with van der Waals surface area (Å²) in [6.45, 7) is 4.99. The van der Waals surface area contributed by atoms with Gasteiger partial charge >= 0.3 is 0 Å². The molecule has 0 bridgehead atoms. The number of anilines is 1. The van der Waals surface area contributed by atoms with E-state index < -0.39 is 0 Å². The topological polar surface area (TPSA) is 32.3 Å². The molecule has 5 heteroatoms. The smallest absolute Gasteiger partial charge is 0.256 e. The fraction of sp³-hybridized carbons (Fsp3) is 0.533. The van der Waals surface area contributed by atoms with Crippen LogP contribution in [0, 0.1) is 0 Å². The maximum atomic E-state index is 12.6. The van der Waals surface area contributed by atoms with Crippen molar-refractivity contribution < 1.29 is 4.79 Å². The highest BCUT2D eigenvalue weighted by Gasteiger charge is 2.20. The van der Waals surface area contributed by atoms with E-state index in [1.165, 1.54) is 0 Å². The van der Waals surface area contributed by atoms with E-state index in [-0.39, 0.29) is 11.9 Å². The van der Waals surface area contributed by atoms with Gasteiger partial charge < -0.3 is 10.2 Å². The van der Waals surface area contributed by atoms with Crippen molar-refractivity contribution in [2.75, 3.05) is 30.9 Å². The third-order valence-corrected chi connectivity index (χ3v) is 4.22. The number of amides is 1. The predicted molar refractivity (Wildman–Crippen MR) is 90.2 cm³/mol. The number of halogens is 1. The van der Waals surface area contributed by atoms with Gasteiger partial charge in [0.1, 0.15) is 0 Å². The van der Waals surface area contributed by atoms with Crippen LogP contribution in [0.5, 0.6) is 0 Å². The first-order valence-electron chi connectivity index (χ1n) is 6.80. The van der Waals surface area contributed by atoms with E-state index >= 15 is 0 Å². The third kappa shape index (κ3) is 4.60. The van der Waals surface area contributed by atoms with Crippen molar-refractivity contribution >= 4 is 35.0 Å². The molecule has 3 nitrogen and oxygen atoms in total. The first kappa shape index (κ1) is 17.2. The summed E-state index contributed by atoms with van der Waals surface area (Å²) < 4.78 is 0. The predicted octanol–water partition coefficient (Wildman–Crippen LogP) is 3.99. The van der Waals surface area contributed by atoms with Gasteiger partial charge in [-0.2, -0.15) is 11.8 Å². The molecule has 1 N–H and O–H groups in total. The fourth-order valence-corrected chi connectivity index (χ4v) is 2.73. The third-order valence-electron chi connectivity index (χ3n) is 3.17. The molecule has 0 heterocycles. The average Bonchev–Trinajstić information content (AvgIpc) is 2.44. The van der Waals surface area contributed by atoms with Crippen LogP contribution in [0.25, 0.3) is 0 Å². The Morgan fingerprint density at radius 1 is 1.50 bits per heavy atom. The molecule has 112 valence electrons. The lowest BCUT2D eigenvalue weighted by molar-refractivity contribution is 0.0758. The van der Waals surface area contributed by atoms with E-state index in [0.717, 1.165) is 24.4 Å². The van der Waals surface area contributed by atoms with Gasteiger partial charge in [0.15, 0.2) is 0 Å². The van der Waals surface area contributed by atoms with Gasteiger partial charge in [-0.3, -0.25) is 4.79 Å². The van der Waals surface area contributed by atoms with E-state index in [9.17, 15) is 4.79 Å². The van der Waals surface area contributed by atoms with Crippen molar-refractivity contribution in [3.05, 3.63) is 28.8 Å². The minimum atomic E-state index is 0.00709. The number of rotatable bonds is 7. The van der Waals surface area contributed by atoms with Crippen molar-refractivity contribution in [2.24, 2.45) is 0 Å². The first-order chi connectivity index (χ1) is 9.51. The Morgan fingerprint density at radius 3 is 2.80 bits per heavy atom. The number of carbonyl (C=O) groups is 1. The summed E-state index contributed by atoms with van der Waals surface area (Å²) in [7, 11) is 1.84. The number of nitrogens with zero attached hydrogens (tertiary/aromatic N) is 1. The summed E-state index contributed by atoms with van der Waals surface area (Å²) in [5.41, 5.74) is 1.49. The Morgan fingerprint density at radius 2 is 2.20 bits per heavy atom. The molecule has 1 amide bonds. The van der Waals surface area contributed by atoms with E-state index in [0.29, 0.717) is 10.6 Å². The number of nitrogens with one attached hydrogen (secondary N) is 1. The van der Waals surface area contributed by atoms with Crippen LogP contribution >= 0.6 is 23.4 Å². The van der Waals surface area contributed by atoms with Crippen molar-refractivity contribution in [3.63, 3.8) is 0 Å². The lowest BCUT2D eigenvalue weighted by atomic mass is 10.1. The average molecular weight is 315 g/mol. The van der Waals surface area contributed by atoms with Gasteiger partial charge in [-0.25, -0.2) is 0 Å². The molecular weight excluding hydrogens is 292 g/mol. The van der Waals surface area contributed by atoms with Crippen LogP contribution in [-0.4, -0.2) is 42.4 Å². The lowest BCUT2D eigenvalue weighted by Gasteiger charge is -2.25. The normalized spacial score (nSPS) is 12.1. The molecule has 0 spiro atoms. The van der Waals surface area contributed by atoms with Crippen molar-refractivity contribution in [2.45, 2.75) is 26.3 Å². The fourth-order valence-electron chi connectivity index (χ4n) is 1.85. The zero-order valence-electron chi connectivity index (χ0n) is 12.6. The Labute approximate surface area is 131 Å². The van der Waals surface area contributed by atoms with Crippen LogP contribution in [0.3, 0.4) is 0 Å². The van der Waals surface area contributed by atoms with Crippen LogP contribution in [0.4, 0.5) is 5.69 Å². The van der Waals surface area contributed by atoms with E-state index in [1.54, 1.807) is 22.7 Å². The highest BCUT2D eigenvalue weighted by Crippen LogP contribution is 2.23. The van der Waals surface area contributed by atoms with Gasteiger partial charge in [0.2, 0.25) is 0 Å². The molecule has 1 aromatic carbocycles. The van der Waals surface area contributed by atoms with E-state index in [2.05, 4.69) is 19.2 Å². The number of benzene rings is 1. The largest absolute Gasteiger partial charge is 0.384 e. The molecule has 0 saturated heterocycles. The number of thioether (sulfide) groups is 1. The van der Waals surface area contributed by atoms with Gasteiger partial charge in [-0.05, 0) is 37.8 Å². The lowest BCUT2D eigenvalue weighted by Crippen LogP contribution is -2.37. The maximum Gasteiger partial charge on any atom is 0.256 e. The molecule has 1 unspecified atom stereocenters. The van der Waals surface area contributed by atoms with E-state index in [4.69, 9.17) is 11.6 Å². The minimum absolute atomic E-state index is 0.00709. The second-order valence-corrected chi connectivity index (χ2v) is 6.18. The molecule has 0 aliphatic heterocycles. The highest BCUT2D eigenvalue weighted by atomic mass is 35.5. The quantitative estimate of drug-likeness (QED) is 0.826.